The summed E-state index contributed by atoms with van der Waals surface area (Å²) in [6, 6.07) is 20.9. The number of benzene rings is 3. The van der Waals surface area contributed by atoms with Crippen molar-refractivity contribution < 1.29 is 34.4 Å². The van der Waals surface area contributed by atoms with Crippen LogP contribution in [-0.4, -0.2) is 15.9 Å². The summed E-state index contributed by atoms with van der Waals surface area (Å²) in [5.41, 5.74) is 9.80. The summed E-state index contributed by atoms with van der Waals surface area (Å²) in [7, 11) is 0. The van der Waals surface area contributed by atoms with Crippen molar-refractivity contribution in [3.8, 4) is 11.3 Å². The number of aromatic nitrogens is 1. The van der Waals surface area contributed by atoms with Crippen LogP contribution in [0.3, 0.4) is 0 Å². The number of aliphatic hydroxyl groups excluding tert-OH is 1. The molecule has 5 aromatic rings. The van der Waals surface area contributed by atoms with Gasteiger partial charge in [-0.3, -0.25) is 9.78 Å². The summed E-state index contributed by atoms with van der Waals surface area (Å²) in [5, 5.41) is 11.9. The number of furan rings is 1. The molecule has 2 heterocycles. The van der Waals surface area contributed by atoms with E-state index >= 15 is 0 Å². The first-order chi connectivity index (χ1) is 17.5. The molecule has 6 rings (SSSR count). The first kappa shape index (κ1) is 27.8. The first-order valence-corrected chi connectivity index (χ1v) is 12.7. The second kappa shape index (κ2) is 10.1. The second-order valence-corrected chi connectivity index (χ2v) is 10.8. The van der Waals surface area contributed by atoms with Gasteiger partial charge >= 0.3 is 0 Å². The Morgan fingerprint density at radius 2 is 1.76 bits per heavy atom. The Morgan fingerprint density at radius 3 is 2.39 bits per heavy atom. The minimum atomic E-state index is -0.211. The summed E-state index contributed by atoms with van der Waals surface area (Å²) in [6.45, 7) is 14.0. The average molecular weight is 683 g/mol. The molecule has 5 heteroatoms. The summed E-state index contributed by atoms with van der Waals surface area (Å²) < 4.78 is 6.58. The molecule has 2 aromatic heterocycles. The van der Waals surface area contributed by atoms with E-state index < -0.39 is 0 Å². The Morgan fingerprint density at radius 1 is 1.05 bits per heavy atom. The molecule has 3 aromatic carbocycles. The van der Waals surface area contributed by atoms with Crippen LogP contribution in [0.15, 0.2) is 64.8 Å². The quantitative estimate of drug-likeness (QED) is 0.115. The van der Waals surface area contributed by atoms with Crippen LogP contribution in [0.1, 0.15) is 69.7 Å². The van der Waals surface area contributed by atoms with Gasteiger partial charge in [-0.1, -0.05) is 87.5 Å². The van der Waals surface area contributed by atoms with Gasteiger partial charge in [-0.25, -0.2) is 0 Å². The second-order valence-electron chi connectivity index (χ2n) is 10.8. The van der Waals surface area contributed by atoms with Crippen LogP contribution in [0.2, 0.25) is 0 Å². The normalized spacial score (nSPS) is 13.7. The van der Waals surface area contributed by atoms with Gasteiger partial charge < -0.3 is 9.52 Å². The molecular weight excluding hydrogens is 651 g/mol. The van der Waals surface area contributed by atoms with Crippen molar-refractivity contribution >= 4 is 38.6 Å². The molecule has 0 atom stereocenters. The predicted octanol–water partition coefficient (Wildman–Crippen LogP) is 8.71. The standard InChI is InChI=1S/C28H24NO.C5H8O2.Ir/c1-15(2)18-12-13-20-24-23-19(11-10-16(3)26(23)30-27(18)24)25-21(28(20,4)5)14-17-8-6-7-9-22(17)29-25;1-4(6)3-5(2)7;/h6-10,12-15H,1-5H3;3,6H,1-2H3;/q-1;;/b;4-3-;. The topological polar surface area (TPSA) is 63.3 Å². The van der Waals surface area contributed by atoms with Gasteiger partial charge in [0.15, 0.2) is 5.78 Å². The van der Waals surface area contributed by atoms with Crippen LogP contribution < -0.4 is 0 Å². The van der Waals surface area contributed by atoms with Crippen molar-refractivity contribution in [2.75, 3.05) is 0 Å². The zero-order chi connectivity index (χ0) is 26.6. The van der Waals surface area contributed by atoms with Crippen LogP contribution in [0, 0.1) is 13.0 Å². The van der Waals surface area contributed by atoms with Crippen LogP contribution in [0.25, 0.3) is 44.1 Å². The molecule has 4 nitrogen and oxygen atoms in total. The molecule has 0 saturated heterocycles. The monoisotopic (exact) mass is 683 g/mol. The van der Waals surface area contributed by atoms with Gasteiger partial charge in [0.1, 0.15) is 5.58 Å². The van der Waals surface area contributed by atoms with Crippen LogP contribution >= 0.6 is 0 Å². The van der Waals surface area contributed by atoms with E-state index in [0.29, 0.717) is 5.92 Å². The molecule has 0 unspecified atom stereocenters. The van der Waals surface area contributed by atoms with E-state index in [1.54, 1.807) is 0 Å². The van der Waals surface area contributed by atoms with E-state index in [1.807, 2.05) is 6.07 Å². The molecule has 0 fully saturated rings. The Hall–Kier alpha value is -3.27. The Balaban J connectivity index is 0.000000375. The Bertz CT molecular complexity index is 1740. The predicted molar refractivity (Wildman–Crippen MR) is 151 cm³/mol. The number of ketones is 1. The average Bonchev–Trinajstić information content (AvgIpc) is 3.20. The minimum absolute atomic E-state index is 0. The molecule has 0 aliphatic heterocycles. The van der Waals surface area contributed by atoms with Gasteiger partial charge in [-0.15, -0.1) is 17.7 Å². The van der Waals surface area contributed by atoms with Gasteiger partial charge in [-0.05, 0) is 53.4 Å². The van der Waals surface area contributed by atoms with Crippen molar-refractivity contribution in [1.29, 1.82) is 0 Å². The van der Waals surface area contributed by atoms with Crippen LogP contribution in [0.5, 0.6) is 0 Å². The minimum Gasteiger partial charge on any atom is -0.512 e. The summed E-state index contributed by atoms with van der Waals surface area (Å²) in [6.07, 6.45) is 1.17. The SMILES string of the molecule is CC(=O)/C=C(/C)O.Cc1c[c-]c2c3c1oc1c(C(C)C)ccc(c13)C(C)(C)c1cc3ccccc3nc1-2.[Ir]. The van der Waals surface area contributed by atoms with Gasteiger partial charge in [0.2, 0.25) is 0 Å². The summed E-state index contributed by atoms with van der Waals surface area (Å²) in [5.74, 6) is 0.328. The number of pyridine rings is 1. The molecule has 1 aliphatic rings. The van der Waals surface area contributed by atoms with Crippen molar-refractivity contribution in [2.45, 2.75) is 59.8 Å². The van der Waals surface area contributed by atoms with Crippen molar-refractivity contribution in [1.82, 2.24) is 4.98 Å². The van der Waals surface area contributed by atoms with E-state index in [9.17, 15) is 4.79 Å². The maximum absolute atomic E-state index is 10.0. The summed E-state index contributed by atoms with van der Waals surface area (Å²) >= 11 is 0. The smallest absolute Gasteiger partial charge is 0.155 e. The number of carbonyl (C=O) groups is 1. The summed E-state index contributed by atoms with van der Waals surface area (Å²) in [4.78, 5) is 15.2. The molecule has 0 bridgehead atoms. The molecule has 0 amide bonds. The number of hydrogen-bond acceptors (Lipinski definition) is 4. The number of aliphatic hydroxyl groups is 1. The zero-order valence-electron chi connectivity index (χ0n) is 22.8. The molecule has 1 radical (unpaired) electrons. The van der Waals surface area contributed by atoms with Crippen molar-refractivity contribution in [3.05, 3.63) is 88.7 Å². The number of allylic oxidation sites excluding steroid dienone is 2. The molecular formula is C33H32IrNO3-. The fourth-order valence-corrected chi connectivity index (χ4v) is 5.44. The van der Waals surface area contributed by atoms with Gasteiger partial charge in [0.05, 0.1) is 16.9 Å². The van der Waals surface area contributed by atoms with E-state index in [-0.39, 0.29) is 37.1 Å². The number of hydrogen-bond donors (Lipinski definition) is 1. The van der Waals surface area contributed by atoms with E-state index in [0.717, 1.165) is 38.9 Å². The largest absolute Gasteiger partial charge is 0.512 e. The van der Waals surface area contributed by atoms with E-state index in [1.165, 1.54) is 47.4 Å². The van der Waals surface area contributed by atoms with Crippen LogP contribution in [-0.2, 0) is 30.3 Å². The Labute approximate surface area is 237 Å². The van der Waals surface area contributed by atoms with Gasteiger partial charge in [-0.2, -0.15) is 0 Å². The number of aryl methyl sites for hydroxylation is 1. The van der Waals surface area contributed by atoms with Crippen LogP contribution in [0.4, 0.5) is 0 Å². The molecule has 0 saturated carbocycles. The molecule has 0 spiro atoms. The molecule has 38 heavy (non-hydrogen) atoms. The molecule has 197 valence electrons. The van der Waals surface area contributed by atoms with Crippen molar-refractivity contribution in [3.63, 3.8) is 0 Å². The zero-order valence-corrected chi connectivity index (χ0v) is 25.2. The Kier molecular flexibility index (Phi) is 7.40. The number of rotatable bonds is 2. The fourth-order valence-electron chi connectivity index (χ4n) is 5.44. The van der Waals surface area contributed by atoms with Gasteiger partial charge in [0, 0.05) is 31.6 Å². The maximum atomic E-state index is 10.0. The molecule has 1 N–H and O–H groups in total. The number of para-hydroxylation sites is 1. The third-order valence-corrected chi connectivity index (χ3v) is 7.25. The third-order valence-electron chi connectivity index (χ3n) is 7.25. The fraction of sp³-hybridized carbons (Fsp3) is 0.273. The number of fused-ring (bicyclic) bond motifs is 3. The van der Waals surface area contributed by atoms with Gasteiger partial charge in [0.25, 0.3) is 0 Å². The van der Waals surface area contributed by atoms with E-state index in [4.69, 9.17) is 14.5 Å². The third kappa shape index (κ3) is 4.48. The van der Waals surface area contributed by atoms with E-state index in [2.05, 4.69) is 83.1 Å². The number of carbonyl (C=O) groups excluding carboxylic acids is 1. The number of nitrogens with zero attached hydrogens (tertiary/aromatic N) is 1. The maximum Gasteiger partial charge on any atom is 0.155 e. The van der Waals surface area contributed by atoms with Crippen molar-refractivity contribution in [2.24, 2.45) is 0 Å². The molecule has 1 aliphatic carbocycles. The first-order valence-electron chi connectivity index (χ1n) is 12.7.